The fourth-order valence-electron chi connectivity index (χ4n) is 3.50. The molecule has 5 nitrogen and oxygen atoms in total. The molecule has 3 heterocycles. The third-order valence-corrected chi connectivity index (χ3v) is 4.83. The average molecular weight is 334 g/mol. The molecule has 1 fully saturated rings. The number of carbonyl (C=O) groups excluding carboxylic acids is 1. The number of hydrogen-bond donors (Lipinski definition) is 1. The maximum atomic E-state index is 12.4. The predicted octanol–water partition coefficient (Wildman–Crippen LogP) is 2.73. The molecule has 5 heteroatoms. The molecule has 1 saturated heterocycles. The number of likely N-dealkylation sites (tertiary alicyclic amines) is 1. The molecule has 0 spiro atoms. The van der Waals surface area contributed by atoms with Crippen molar-refractivity contribution in [3.05, 3.63) is 72.1 Å². The molecule has 3 aromatic rings. The molecule has 25 heavy (non-hydrogen) atoms. The zero-order valence-electron chi connectivity index (χ0n) is 14.1. The van der Waals surface area contributed by atoms with Crippen LogP contribution in [-0.2, 0) is 6.54 Å². The number of carbonyl (C=O) groups is 1. The van der Waals surface area contributed by atoms with E-state index in [0.29, 0.717) is 18.3 Å². The zero-order valence-corrected chi connectivity index (χ0v) is 14.1. The molecule has 4 rings (SSSR count). The van der Waals surface area contributed by atoms with Gasteiger partial charge in [0.25, 0.3) is 5.91 Å². The average Bonchev–Trinajstić information content (AvgIpc) is 3.27. The SMILES string of the molecule is O=C(NC[C@@H]1CCCN1Cc1ccccc1)c1cc2ccccn2n1. The van der Waals surface area contributed by atoms with Gasteiger partial charge in [0, 0.05) is 25.3 Å². The van der Waals surface area contributed by atoms with Gasteiger partial charge in [-0.2, -0.15) is 5.10 Å². The number of fused-ring (bicyclic) bond motifs is 1. The van der Waals surface area contributed by atoms with E-state index in [1.807, 2.05) is 36.5 Å². The Hall–Kier alpha value is -2.66. The van der Waals surface area contributed by atoms with Crippen LogP contribution in [0.25, 0.3) is 5.52 Å². The highest BCUT2D eigenvalue weighted by molar-refractivity contribution is 5.93. The lowest BCUT2D eigenvalue weighted by Gasteiger charge is -2.24. The molecule has 1 aromatic carbocycles. The monoisotopic (exact) mass is 334 g/mol. The van der Waals surface area contributed by atoms with Crippen LogP contribution in [0.3, 0.4) is 0 Å². The van der Waals surface area contributed by atoms with Crippen LogP contribution in [0.2, 0.25) is 0 Å². The van der Waals surface area contributed by atoms with Crippen molar-refractivity contribution in [3.8, 4) is 0 Å². The van der Waals surface area contributed by atoms with E-state index in [0.717, 1.165) is 25.0 Å². The van der Waals surface area contributed by atoms with Crippen LogP contribution >= 0.6 is 0 Å². The first-order chi connectivity index (χ1) is 12.3. The van der Waals surface area contributed by atoms with Gasteiger partial charge in [-0.15, -0.1) is 0 Å². The predicted molar refractivity (Wildman–Crippen MR) is 97.4 cm³/mol. The molecule has 1 atom stereocenters. The minimum absolute atomic E-state index is 0.102. The molecule has 0 bridgehead atoms. The van der Waals surface area contributed by atoms with E-state index in [4.69, 9.17) is 0 Å². The number of benzene rings is 1. The lowest BCUT2D eigenvalue weighted by Crippen LogP contribution is -2.39. The first-order valence-corrected chi connectivity index (χ1v) is 8.80. The van der Waals surface area contributed by atoms with Crippen LogP contribution in [-0.4, -0.2) is 39.6 Å². The third-order valence-electron chi connectivity index (χ3n) is 4.83. The highest BCUT2D eigenvalue weighted by Crippen LogP contribution is 2.19. The third kappa shape index (κ3) is 3.56. The smallest absolute Gasteiger partial charge is 0.271 e. The molecular formula is C20H22N4O. The Morgan fingerprint density at radius 3 is 2.84 bits per heavy atom. The van der Waals surface area contributed by atoms with Crippen molar-refractivity contribution in [2.45, 2.75) is 25.4 Å². The number of pyridine rings is 1. The van der Waals surface area contributed by atoms with E-state index < -0.39 is 0 Å². The van der Waals surface area contributed by atoms with Crippen molar-refractivity contribution in [2.24, 2.45) is 0 Å². The van der Waals surface area contributed by atoms with Crippen molar-refractivity contribution in [2.75, 3.05) is 13.1 Å². The fourth-order valence-corrected chi connectivity index (χ4v) is 3.50. The lowest BCUT2D eigenvalue weighted by molar-refractivity contribution is 0.0934. The molecule has 1 aliphatic rings. The van der Waals surface area contributed by atoms with Crippen LogP contribution in [0.5, 0.6) is 0 Å². The summed E-state index contributed by atoms with van der Waals surface area (Å²) in [5, 5.41) is 7.40. The Morgan fingerprint density at radius 2 is 2.00 bits per heavy atom. The molecule has 128 valence electrons. The second kappa shape index (κ2) is 7.07. The van der Waals surface area contributed by atoms with Crippen molar-refractivity contribution < 1.29 is 4.79 Å². The molecule has 1 amide bonds. The van der Waals surface area contributed by atoms with Gasteiger partial charge in [0.1, 0.15) is 0 Å². The van der Waals surface area contributed by atoms with E-state index in [2.05, 4.69) is 39.6 Å². The number of amides is 1. The molecular weight excluding hydrogens is 312 g/mol. The van der Waals surface area contributed by atoms with Gasteiger partial charge < -0.3 is 5.32 Å². The van der Waals surface area contributed by atoms with Crippen molar-refractivity contribution in [3.63, 3.8) is 0 Å². The Morgan fingerprint density at radius 1 is 1.16 bits per heavy atom. The Bertz CT molecular complexity index is 825. The summed E-state index contributed by atoms with van der Waals surface area (Å²) < 4.78 is 1.73. The topological polar surface area (TPSA) is 49.6 Å². The summed E-state index contributed by atoms with van der Waals surface area (Å²) in [6.07, 6.45) is 4.16. The van der Waals surface area contributed by atoms with Crippen molar-refractivity contribution in [1.29, 1.82) is 0 Å². The molecule has 0 radical (unpaired) electrons. The molecule has 2 aromatic heterocycles. The maximum Gasteiger partial charge on any atom is 0.271 e. The minimum Gasteiger partial charge on any atom is -0.349 e. The summed E-state index contributed by atoms with van der Waals surface area (Å²) in [5.41, 5.74) is 2.72. The highest BCUT2D eigenvalue weighted by atomic mass is 16.1. The summed E-state index contributed by atoms with van der Waals surface area (Å²) in [7, 11) is 0. The van der Waals surface area contributed by atoms with E-state index in [1.54, 1.807) is 4.52 Å². The Labute approximate surface area is 147 Å². The summed E-state index contributed by atoms with van der Waals surface area (Å²) in [6.45, 7) is 2.69. The zero-order chi connectivity index (χ0) is 17.1. The summed E-state index contributed by atoms with van der Waals surface area (Å²) in [5.74, 6) is -0.102. The summed E-state index contributed by atoms with van der Waals surface area (Å²) in [6, 6.07) is 18.5. The number of hydrogen-bond acceptors (Lipinski definition) is 3. The van der Waals surface area contributed by atoms with Gasteiger partial charge in [0.15, 0.2) is 5.69 Å². The van der Waals surface area contributed by atoms with Crippen LogP contribution in [0.1, 0.15) is 28.9 Å². The molecule has 0 saturated carbocycles. The second-order valence-corrected chi connectivity index (χ2v) is 6.56. The standard InChI is InChI=1S/C20H22N4O/c25-20(19-13-17-9-4-5-12-24(17)22-19)21-14-18-10-6-11-23(18)15-16-7-2-1-3-8-16/h1-5,7-9,12-13,18H,6,10-11,14-15H2,(H,21,25)/t18-/m0/s1. The first kappa shape index (κ1) is 15.8. The van der Waals surface area contributed by atoms with Gasteiger partial charge in [-0.3, -0.25) is 9.69 Å². The Kier molecular flexibility index (Phi) is 4.48. The van der Waals surface area contributed by atoms with Crippen LogP contribution in [0, 0.1) is 0 Å². The summed E-state index contributed by atoms with van der Waals surface area (Å²) in [4.78, 5) is 14.9. The molecule has 1 aliphatic heterocycles. The fraction of sp³-hybridized carbons (Fsp3) is 0.300. The molecule has 0 aliphatic carbocycles. The van der Waals surface area contributed by atoms with E-state index in [9.17, 15) is 4.79 Å². The van der Waals surface area contributed by atoms with Gasteiger partial charge in [0.2, 0.25) is 0 Å². The summed E-state index contributed by atoms with van der Waals surface area (Å²) >= 11 is 0. The highest BCUT2D eigenvalue weighted by Gasteiger charge is 2.25. The van der Waals surface area contributed by atoms with Crippen LogP contribution < -0.4 is 5.32 Å². The van der Waals surface area contributed by atoms with Crippen LogP contribution in [0.15, 0.2) is 60.8 Å². The Balaban J connectivity index is 1.37. The normalized spacial score (nSPS) is 17.8. The number of rotatable bonds is 5. The van der Waals surface area contributed by atoms with Crippen molar-refractivity contribution >= 4 is 11.4 Å². The second-order valence-electron chi connectivity index (χ2n) is 6.56. The van der Waals surface area contributed by atoms with Crippen molar-refractivity contribution in [1.82, 2.24) is 19.8 Å². The van der Waals surface area contributed by atoms with E-state index in [-0.39, 0.29) is 5.91 Å². The maximum absolute atomic E-state index is 12.4. The van der Waals surface area contributed by atoms with Crippen LogP contribution in [0.4, 0.5) is 0 Å². The number of aromatic nitrogens is 2. The molecule has 0 unspecified atom stereocenters. The largest absolute Gasteiger partial charge is 0.349 e. The lowest BCUT2D eigenvalue weighted by atomic mass is 10.2. The quantitative estimate of drug-likeness (QED) is 0.780. The van der Waals surface area contributed by atoms with Gasteiger partial charge in [0.05, 0.1) is 5.52 Å². The van der Waals surface area contributed by atoms with E-state index in [1.165, 1.54) is 12.0 Å². The van der Waals surface area contributed by atoms with Gasteiger partial charge >= 0.3 is 0 Å². The first-order valence-electron chi connectivity index (χ1n) is 8.80. The number of nitrogens with zero attached hydrogens (tertiary/aromatic N) is 3. The van der Waals surface area contributed by atoms with Gasteiger partial charge in [-0.1, -0.05) is 36.4 Å². The molecule has 1 N–H and O–H groups in total. The number of nitrogens with one attached hydrogen (secondary N) is 1. The van der Waals surface area contributed by atoms with E-state index >= 15 is 0 Å². The minimum atomic E-state index is -0.102. The van der Waals surface area contributed by atoms with Gasteiger partial charge in [-0.25, -0.2) is 4.52 Å². The van der Waals surface area contributed by atoms with Gasteiger partial charge in [-0.05, 0) is 43.1 Å².